The van der Waals surface area contributed by atoms with Crippen molar-refractivity contribution >= 4 is 0 Å². The number of aromatic nitrogens is 1. The first-order valence-electron chi connectivity index (χ1n) is 6.68. The SMILES string of the molecule is COc1c(C)cnc(CN2CCOCC2CN)c1C. The number of methoxy groups -OCH3 is 1. The number of pyridine rings is 1. The van der Waals surface area contributed by atoms with Crippen LogP contribution in [0.15, 0.2) is 6.20 Å². The molecule has 1 saturated heterocycles. The first-order chi connectivity index (χ1) is 9.17. The summed E-state index contributed by atoms with van der Waals surface area (Å²) in [5.41, 5.74) is 9.04. The van der Waals surface area contributed by atoms with Gasteiger partial charge in [0.15, 0.2) is 0 Å². The standard InChI is InChI=1S/C14H23N3O2/c1-10-7-16-13(11(2)14(10)18-3)8-17-4-5-19-9-12(17)6-15/h7,12H,4-6,8-9,15H2,1-3H3. The summed E-state index contributed by atoms with van der Waals surface area (Å²) >= 11 is 0. The van der Waals surface area contributed by atoms with E-state index < -0.39 is 0 Å². The minimum atomic E-state index is 0.280. The second-order valence-electron chi connectivity index (χ2n) is 4.98. The normalized spacial score (nSPS) is 20.5. The van der Waals surface area contributed by atoms with Gasteiger partial charge in [-0.2, -0.15) is 0 Å². The average Bonchev–Trinajstić information content (AvgIpc) is 2.43. The lowest BCUT2D eigenvalue weighted by molar-refractivity contribution is -0.00857. The van der Waals surface area contributed by atoms with Gasteiger partial charge in [0.2, 0.25) is 0 Å². The highest BCUT2D eigenvalue weighted by molar-refractivity contribution is 5.41. The molecular formula is C14H23N3O2. The van der Waals surface area contributed by atoms with Gasteiger partial charge in [0.05, 0.1) is 26.0 Å². The van der Waals surface area contributed by atoms with Crippen LogP contribution in [-0.4, -0.2) is 49.3 Å². The number of nitrogens with two attached hydrogens (primary N) is 1. The fraction of sp³-hybridized carbons (Fsp3) is 0.643. The Bertz CT molecular complexity index is 437. The largest absolute Gasteiger partial charge is 0.496 e. The summed E-state index contributed by atoms with van der Waals surface area (Å²) in [5, 5.41) is 0. The topological polar surface area (TPSA) is 60.6 Å². The van der Waals surface area contributed by atoms with Gasteiger partial charge in [0.25, 0.3) is 0 Å². The minimum absolute atomic E-state index is 0.280. The van der Waals surface area contributed by atoms with Crippen LogP contribution in [0, 0.1) is 13.8 Å². The molecule has 1 aliphatic heterocycles. The lowest BCUT2D eigenvalue weighted by atomic mass is 10.1. The van der Waals surface area contributed by atoms with E-state index in [9.17, 15) is 0 Å². The van der Waals surface area contributed by atoms with Crippen molar-refractivity contribution < 1.29 is 9.47 Å². The molecule has 5 nitrogen and oxygen atoms in total. The number of rotatable bonds is 4. The Morgan fingerprint density at radius 1 is 1.53 bits per heavy atom. The molecule has 106 valence electrons. The monoisotopic (exact) mass is 265 g/mol. The van der Waals surface area contributed by atoms with Crippen molar-refractivity contribution in [3.05, 3.63) is 23.0 Å². The molecule has 2 heterocycles. The van der Waals surface area contributed by atoms with Crippen molar-refractivity contribution in [3.63, 3.8) is 0 Å². The van der Waals surface area contributed by atoms with Crippen LogP contribution in [0.4, 0.5) is 0 Å². The van der Waals surface area contributed by atoms with Gasteiger partial charge >= 0.3 is 0 Å². The molecule has 0 aliphatic carbocycles. The molecule has 0 saturated carbocycles. The zero-order chi connectivity index (χ0) is 13.8. The molecule has 1 aromatic rings. The Morgan fingerprint density at radius 2 is 2.32 bits per heavy atom. The molecule has 1 aliphatic rings. The maximum atomic E-state index is 5.80. The molecule has 0 aromatic carbocycles. The van der Waals surface area contributed by atoms with E-state index in [4.69, 9.17) is 15.2 Å². The Balaban J connectivity index is 2.18. The summed E-state index contributed by atoms with van der Waals surface area (Å²) in [4.78, 5) is 6.89. The lowest BCUT2D eigenvalue weighted by Crippen LogP contribution is -2.48. The molecule has 1 atom stereocenters. The van der Waals surface area contributed by atoms with E-state index in [-0.39, 0.29) is 6.04 Å². The van der Waals surface area contributed by atoms with Crippen LogP contribution < -0.4 is 10.5 Å². The highest BCUT2D eigenvalue weighted by Crippen LogP contribution is 2.25. The van der Waals surface area contributed by atoms with Crippen LogP contribution >= 0.6 is 0 Å². The van der Waals surface area contributed by atoms with Crippen LogP contribution in [0.2, 0.25) is 0 Å². The predicted molar refractivity (Wildman–Crippen MR) is 74.3 cm³/mol. The molecule has 1 fully saturated rings. The fourth-order valence-electron chi connectivity index (χ4n) is 2.54. The maximum Gasteiger partial charge on any atom is 0.128 e. The number of nitrogens with zero attached hydrogens (tertiary/aromatic N) is 2. The van der Waals surface area contributed by atoms with Crippen molar-refractivity contribution in [2.75, 3.05) is 33.4 Å². The van der Waals surface area contributed by atoms with E-state index in [0.717, 1.165) is 42.3 Å². The third-order valence-electron chi connectivity index (χ3n) is 3.72. The zero-order valence-corrected chi connectivity index (χ0v) is 12.0. The molecule has 0 radical (unpaired) electrons. The fourth-order valence-corrected chi connectivity index (χ4v) is 2.54. The molecule has 1 unspecified atom stereocenters. The number of aryl methyl sites for hydroxylation is 1. The highest BCUT2D eigenvalue weighted by atomic mass is 16.5. The van der Waals surface area contributed by atoms with Crippen molar-refractivity contribution in [1.29, 1.82) is 0 Å². The summed E-state index contributed by atoms with van der Waals surface area (Å²) < 4.78 is 10.9. The lowest BCUT2D eigenvalue weighted by Gasteiger charge is -2.34. The summed E-state index contributed by atoms with van der Waals surface area (Å²) in [7, 11) is 1.70. The van der Waals surface area contributed by atoms with E-state index in [1.54, 1.807) is 7.11 Å². The van der Waals surface area contributed by atoms with Crippen LogP contribution in [0.5, 0.6) is 5.75 Å². The minimum Gasteiger partial charge on any atom is -0.496 e. The van der Waals surface area contributed by atoms with E-state index in [1.165, 1.54) is 0 Å². The Morgan fingerprint density at radius 3 is 3.00 bits per heavy atom. The van der Waals surface area contributed by atoms with E-state index >= 15 is 0 Å². The summed E-state index contributed by atoms with van der Waals surface area (Å²) in [6.45, 7) is 7.86. The molecule has 0 bridgehead atoms. The molecule has 2 N–H and O–H groups in total. The molecule has 19 heavy (non-hydrogen) atoms. The van der Waals surface area contributed by atoms with E-state index in [2.05, 4.69) is 16.8 Å². The van der Waals surface area contributed by atoms with Gasteiger partial charge in [0, 0.05) is 43.0 Å². The number of morpholine rings is 1. The summed E-state index contributed by atoms with van der Waals surface area (Å²) in [6.07, 6.45) is 1.87. The van der Waals surface area contributed by atoms with Crippen LogP contribution in [0.1, 0.15) is 16.8 Å². The Hall–Kier alpha value is -1.17. The molecule has 0 spiro atoms. The number of ether oxygens (including phenoxy) is 2. The van der Waals surface area contributed by atoms with Gasteiger partial charge in [-0.3, -0.25) is 9.88 Å². The van der Waals surface area contributed by atoms with Crippen molar-refractivity contribution in [2.24, 2.45) is 5.73 Å². The molecule has 0 amide bonds. The smallest absolute Gasteiger partial charge is 0.128 e. The molecule has 5 heteroatoms. The molecule has 1 aromatic heterocycles. The zero-order valence-electron chi connectivity index (χ0n) is 12.0. The average molecular weight is 265 g/mol. The Labute approximate surface area is 114 Å². The third kappa shape index (κ3) is 3.05. The van der Waals surface area contributed by atoms with Gasteiger partial charge < -0.3 is 15.2 Å². The van der Waals surface area contributed by atoms with Gasteiger partial charge in [0.1, 0.15) is 5.75 Å². The second kappa shape index (κ2) is 6.32. The van der Waals surface area contributed by atoms with Gasteiger partial charge in [-0.25, -0.2) is 0 Å². The van der Waals surface area contributed by atoms with Gasteiger partial charge in [-0.05, 0) is 13.8 Å². The predicted octanol–water partition coefficient (Wildman–Crippen LogP) is 0.867. The van der Waals surface area contributed by atoms with E-state index in [1.807, 2.05) is 13.1 Å². The van der Waals surface area contributed by atoms with Crippen molar-refractivity contribution in [1.82, 2.24) is 9.88 Å². The Kier molecular flexibility index (Phi) is 4.74. The van der Waals surface area contributed by atoms with Gasteiger partial charge in [-0.1, -0.05) is 0 Å². The quantitative estimate of drug-likeness (QED) is 0.875. The van der Waals surface area contributed by atoms with Crippen LogP contribution in [-0.2, 0) is 11.3 Å². The summed E-state index contributed by atoms with van der Waals surface area (Å²) in [6, 6.07) is 0.280. The first-order valence-corrected chi connectivity index (χ1v) is 6.68. The van der Waals surface area contributed by atoms with Crippen LogP contribution in [0.25, 0.3) is 0 Å². The van der Waals surface area contributed by atoms with E-state index in [0.29, 0.717) is 13.2 Å². The number of hydrogen-bond donors (Lipinski definition) is 1. The second-order valence-corrected chi connectivity index (χ2v) is 4.98. The first kappa shape index (κ1) is 14.2. The molecule has 2 rings (SSSR count). The third-order valence-corrected chi connectivity index (χ3v) is 3.72. The summed E-state index contributed by atoms with van der Waals surface area (Å²) in [5.74, 6) is 0.933. The van der Waals surface area contributed by atoms with Crippen molar-refractivity contribution in [3.8, 4) is 5.75 Å². The van der Waals surface area contributed by atoms with Crippen molar-refractivity contribution in [2.45, 2.75) is 26.4 Å². The molecular weight excluding hydrogens is 242 g/mol. The van der Waals surface area contributed by atoms with Gasteiger partial charge in [-0.15, -0.1) is 0 Å². The maximum absolute atomic E-state index is 5.80. The van der Waals surface area contributed by atoms with Crippen LogP contribution in [0.3, 0.4) is 0 Å². The highest BCUT2D eigenvalue weighted by Gasteiger charge is 2.23. The number of hydrogen-bond acceptors (Lipinski definition) is 5.